The van der Waals surface area contributed by atoms with E-state index in [1.165, 1.54) is 25.9 Å². The first-order valence-corrected chi connectivity index (χ1v) is 8.78. The van der Waals surface area contributed by atoms with Crippen LogP contribution in [0.25, 0.3) is 10.9 Å². The molecule has 2 N–H and O–H groups in total. The number of carboxylic acid groups (broad SMARTS) is 2. The van der Waals surface area contributed by atoms with Crippen LogP contribution in [0.3, 0.4) is 0 Å². The van der Waals surface area contributed by atoms with Gasteiger partial charge in [0.05, 0.1) is 23.3 Å². The van der Waals surface area contributed by atoms with Gasteiger partial charge in [-0.25, -0.2) is 14.6 Å². The monoisotopic (exact) mass is 371 g/mol. The van der Waals surface area contributed by atoms with E-state index >= 15 is 0 Å². The Labute approximate surface area is 155 Å². The van der Waals surface area contributed by atoms with Gasteiger partial charge in [0.25, 0.3) is 5.56 Å². The number of hydrogen-bond donors (Lipinski definition) is 2. The van der Waals surface area contributed by atoms with Crippen molar-refractivity contribution in [3.05, 3.63) is 53.1 Å². The SMILES string of the molecule is O=C(O)/C=C/C(=O)O.O=c1c2ccccc2ncn1C1CN2CCC1CC2. The molecule has 8 nitrogen and oxygen atoms in total. The maximum Gasteiger partial charge on any atom is 0.328 e. The fourth-order valence-electron chi connectivity index (χ4n) is 3.71. The van der Waals surface area contributed by atoms with Gasteiger partial charge in [-0.2, -0.15) is 0 Å². The Balaban J connectivity index is 0.000000226. The van der Waals surface area contributed by atoms with E-state index in [0.717, 1.165) is 17.4 Å². The van der Waals surface area contributed by atoms with Crippen molar-refractivity contribution < 1.29 is 19.8 Å². The fraction of sp³-hybridized carbons (Fsp3) is 0.368. The third-order valence-corrected chi connectivity index (χ3v) is 5.04. The van der Waals surface area contributed by atoms with Crippen LogP contribution in [-0.4, -0.2) is 56.2 Å². The molecule has 4 heterocycles. The maximum atomic E-state index is 12.6. The molecule has 3 fully saturated rings. The lowest BCUT2D eigenvalue weighted by atomic mass is 9.84. The quantitative estimate of drug-likeness (QED) is 0.784. The average molecular weight is 371 g/mol. The topological polar surface area (TPSA) is 113 Å². The Morgan fingerprint density at radius 1 is 1.07 bits per heavy atom. The second-order valence-electron chi connectivity index (χ2n) is 6.69. The van der Waals surface area contributed by atoms with Crippen molar-refractivity contribution in [1.82, 2.24) is 14.5 Å². The summed E-state index contributed by atoms with van der Waals surface area (Å²) in [6.45, 7) is 3.39. The van der Waals surface area contributed by atoms with Gasteiger partial charge in [-0.3, -0.25) is 9.36 Å². The molecule has 1 atom stereocenters. The minimum absolute atomic E-state index is 0.115. The van der Waals surface area contributed by atoms with Gasteiger partial charge < -0.3 is 15.1 Å². The molecule has 3 saturated heterocycles. The van der Waals surface area contributed by atoms with Crippen molar-refractivity contribution in [3.8, 4) is 0 Å². The molecule has 2 aromatic rings. The van der Waals surface area contributed by atoms with Crippen LogP contribution < -0.4 is 5.56 Å². The number of nitrogens with zero attached hydrogens (tertiary/aromatic N) is 3. The lowest BCUT2D eigenvalue weighted by Crippen LogP contribution is -2.50. The van der Waals surface area contributed by atoms with E-state index in [2.05, 4.69) is 9.88 Å². The number of carboxylic acids is 2. The van der Waals surface area contributed by atoms with Crippen LogP contribution in [0.4, 0.5) is 0 Å². The van der Waals surface area contributed by atoms with Gasteiger partial charge in [0.2, 0.25) is 0 Å². The third-order valence-electron chi connectivity index (χ3n) is 5.04. The van der Waals surface area contributed by atoms with E-state index in [0.29, 0.717) is 24.1 Å². The first-order chi connectivity index (χ1) is 13.0. The van der Waals surface area contributed by atoms with E-state index in [1.807, 2.05) is 28.8 Å². The van der Waals surface area contributed by atoms with E-state index in [4.69, 9.17) is 10.2 Å². The highest BCUT2D eigenvalue weighted by molar-refractivity contribution is 5.89. The van der Waals surface area contributed by atoms with Crippen molar-refractivity contribution >= 4 is 22.8 Å². The smallest absolute Gasteiger partial charge is 0.328 e. The van der Waals surface area contributed by atoms with Crippen LogP contribution in [0.1, 0.15) is 18.9 Å². The molecule has 0 spiro atoms. The summed E-state index contributed by atoms with van der Waals surface area (Å²) in [5.74, 6) is -1.87. The summed E-state index contributed by atoms with van der Waals surface area (Å²) in [5.41, 5.74) is 0.911. The minimum atomic E-state index is -1.26. The van der Waals surface area contributed by atoms with E-state index in [9.17, 15) is 14.4 Å². The molecule has 2 bridgehead atoms. The molecular weight excluding hydrogens is 350 g/mol. The van der Waals surface area contributed by atoms with E-state index in [1.54, 1.807) is 6.33 Å². The van der Waals surface area contributed by atoms with Crippen molar-refractivity contribution in [2.24, 2.45) is 5.92 Å². The predicted octanol–water partition coefficient (Wildman–Crippen LogP) is 1.37. The van der Waals surface area contributed by atoms with Gasteiger partial charge in [-0.15, -0.1) is 0 Å². The lowest BCUT2D eigenvalue weighted by Gasteiger charge is -2.45. The summed E-state index contributed by atoms with van der Waals surface area (Å²) < 4.78 is 1.87. The van der Waals surface area contributed by atoms with Crippen molar-refractivity contribution in [2.45, 2.75) is 18.9 Å². The largest absolute Gasteiger partial charge is 0.478 e. The summed E-state index contributed by atoms with van der Waals surface area (Å²) >= 11 is 0. The van der Waals surface area contributed by atoms with Crippen LogP contribution in [0.2, 0.25) is 0 Å². The number of benzene rings is 1. The molecule has 8 heteroatoms. The van der Waals surface area contributed by atoms with Crippen LogP contribution in [0, 0.1) is 5.92 Å². The molecule has 1 aromatic heterocycles. The first-order valence-electron chi connectivity index (χ1n) is 8.78. The van der Waals surface area contributed by atoms with Crippen molar-refractivity contribution in [3.63, 3.8) is 0 Å². The molecule has 1 unspecified atom stereocenters. The Kier molecular flexibility index (Phi) is 5.66. The van der Waals surface area contributed by atoms with E-state index < -0.39 is 11.9 Å². The molecule has 0 radical (unpaired) electrons. The maximum absolute atomic E-state index is 12.6. The Morgan fingerprint density at radius 2 is 1.70 bits per heavy atom. The Hall–Kier alpha value is -3.00. The number of para-hydroxylation sites is 1. The zero-order valence-corrected chi connectivity index (χ0v) is 14.7. The standard InChI is InChI=1S/C15H17N3O.C4H4O4/c19-15-12-3-1-2-4-13(12)16-10-18(15)14-9-17-7-5-11(14)6-8-17;5-3(6)1-2-4(7)8/h1-4,10-11,14H,5-9H2;1-2H,(H,5,6)(H,7,8)/b;2-1+. The molecule has 3 aliphatic heterocycles. The number of aliphatic carboxylic acids is 2. The summed E-state index contributed by atoms with van der Waals surface area (Å²) in [6.07, 6.45) is 5.29. The lowest BCUT2D eigenvalue weighted by molar-refractivity contribution is -0.134. The van der Waals surface area contributed by atoms with Crippen LogP contribution >= 0.6 is 0 Å². The fourth-order valence-corrected chi connectivity index (χ4v) is 3.71. The highest BCUT2D eigenvalue weighted by Gasteiger charge is 2.35. The summed E-state index contributed by atoms with van der Waals surface area (Å²) in [5, 5.41) is 16.4. The zero-order valence-electron chi connectivity index (χ0n) is 14.7. The molecular formula is C19H21N3O5. The van der Waals surface area contributed by atoms with Crippen molar-refractivity contribution in [2.75, 3.05) is 19.6 Å². The second kappa shape index (κ2) is 8.13. The summed E-state index contributed by atoms with van der Waals surface area (Å²) in [4.78, 5) is 38.6. The second-order valence-corrected chi connectivity index (χ2v) is 6.69. The molecule has 5 rings (SSSR count). The van der Waals surface area contributed by atoms with Gasteiger partial charge in [0.1, 0.15) is 0 Å². The molecule has 27 heavy (non-hydrogen) atoms. The molecule has 0 saturated carbocycles. The van der Waals surface area contributed by atoms with E-state index in [-0.39, 0.29) is 5.56 Å². The van der Waals surface area contributed by atoms with Gasteiger partial charge >= 0.3 is 11.9 Å². The Morgan fingerprint density at radius 3 is 2.26 bits per heavy atom. The highest BCUT2D eigenvalue weighted by Crippen LogP contribution is 2.34. The molecule has 3 aliphatic rings. The number of piperidine rings is 3. The van der Waals surface area contributed by atoms with Crippen LogP contribution in [-0.2, 0) is 9.59 Å². The number of aromatic nitrogens is 2. The Bertz CT molecular complexity index is 912. The first kappa shape index (κ1) is 18.8. The highest BCUT2D eigenvalue weighted by atomic mass is 16.4. The molecule has 142 valence electrons. The van der Waals surface area contributed by atoms with Gasteiger partial charge in [-0.05, 0) is 44.0 Å². The zero-order chi connectivity index (χ0) is 19.4. The normalized spacial score (nSPS) is 23.8. The average Bonchev–Trinajstić information content (AvgIpc) is 2.68. The number of rotatable bonds is 3. The van der Waals surface area contributed by atoms with Gasteiger partial charge in [-0.1, -0.05) is 12.1 Å². The molecule has 0 aliphatic carbocycles. The van der Waals surface area contributed by atoms with Crippen LogP contribution in [0.15, 0.2) is 47.5 Å². The van der Waals surface area contributed by atoms with Crippen molar-refractivity contribution in [1.29, 1.82) is 0 Å². The van der Waals surface area contributed by atoms with Gasteiger partial charge in [0.15, 0.2) is 0 Å². The molecule has 0 amide bonds. The number of carbonyl (C=O) groups is 2. The minimum Gasteiger partial charge on any atom is -0.478 e. The molecule has 1 aromatic carbocycles. The number of fused-ring (bicyclic) bond motifs is 4. The third kappa shape index (κ3) is 4.40. The summed E-state index contributed by atoms with van der Waals surface area (Å²) in [6, 6.07) is 7.92. The summed E-state index contributed by atoms with van der Waals surface area (Å²) in [7, 11) is 0. The predicted molar refractivity (Wildman–Crippen MR) is 98.6 cm³/mol. The van der Waals surface area contributed by atoms with Gasteiger partial charge in [0, 0.05) is 18.7 Å². The van der Waals surface area contributed by atoms with Crippen LogP contribution in [0.5, 0.6) is 0 Å². The number of hydrogen-bond acceptors (Lipinski definition) is 5.